The van der Waals surface area contributed by atoms with Crippen molar-refractivity contribution >= 4 is 17.3 Å². The van der Waals surface area contributed by atoms with Crippen LogP contribution in [0.4, 0.5) is 11.4 Å². The largest absolute Gasteiger partial charge is 0.378 e. The van der Waals surface area contributed by atoms with E-state index in [4.69, 9.17) is 0 Å². The molecule has 0 bridgehead atoms. The normalized spacial score (nSPS) is 10.6. The zero-order valence-electron chi connectivity index (χ0n) is 12.6. The van der Waals surface area contributed by atoms with Crippen LogP contribution in [0.1, 0.15) is 25.8 Å². The minimum Gasteiger partial charge on any atom is -0.378 e. The molecule has 1 aromatic carbocycles. The molecule has 0 radical (unpaired) electrons. The van der Waals surface area contributed by atoms with Gasteiger partial charge in [-0.15, -0.1) is 0 Å². The first kappa shape index (κ1) is 15.5. The second kappa shape index (κ2) is 7.14. The Balaban J connectivity index is 2.55. The number of nitrogens with zero attached hydrogens (tertiary/aromatic N) is 1. The standard InChI is InChI=1S/C15H25N3O/c1-11(2)16-9-8-15(19)17-14-7-6-13(18(4)5)10-12(14)3/h6-7,10-11,16H,8-9H2,1-5H3,(H,17,19). The van der Waals surface area contributed by atoms with Gasteiger partial charge in [-0.3, -0.25) is 4.79 Å². The molecule has 0 heterocycles. The Morgan fingerprint density at radius 2 is 2.00 bits per heavy atom. The van der Waals surface area contributed by atoms with E-state index in [0.29, 0.717) is 19.0 Å². The van der Waals surface area contributed by atoms with Crippen molar-refractivity contribution in [2.24, 2.45) is 0 Å². The second-order valence-electron chi connectivity index (χ2n) is 5.30. The van der Waals surface area contributed by atoms with Crippen molar-refractivity contribution in [3.8, 4) is 0 Å². The molecule has 4 heteroatoms. The van der Waals surface area contributed by atoms with Crippen molar-refractivity contribution in [2.45, 2.75) is 33.2 Å². The lowest BCUT2D eigenvalue weighted by Crippen LogP contribution is -2.27. The highest BCUT2D eigenvalue weighted by Gasteiger charge is 2.06. The molecule has 1 aromatic rings. The van der Waals surface area contributed by atoms with Gasteiger partial charge in [-0.1, -0.05) is 13.8 Å². The highest BCUT2D eigenvalue weighted by molar-refractivity contribution is 5.91. The van der Waals surface area contributed by atoms with E-state index >= 15 is 0 Å². The zero-order valence-corrected chi connectivity index (χ0v) is 12.6. The van der Waals surface area contributed by atoms with E-state index in [-0.39, 0.29) is 5.91 Å². The van der Waals surface area contributed by atoms with Crippen molar-refractivity contribution in [1.82, 2.24) is 5.32 Å². The summed E-state index contributed by atoms with van der Waals surface area (Å²) in [6.07, 6.45) is 0.493. The number of aryl methyl sites for hydroxylation is 1. The maximum Gasteiger partial charge on any atom is 0.225 e. The van der Waals surface area contributed by atoms with Crippen LogP contribution in [0.5, 0.6) is 0 Å². The molecule has 19 heavy (non-hydrogen) atoms. The number of carbonyl (C=O) groups excluding carboxylic acids is 1. The number of nitrogens with one attached hydrogen (secondary N) is 2. The van der Waals surface area contributed by atoms with Gasteiger partial charge in [0.2, 0.25) is 5.91 Å². The third-order valence-electron chi connectivity index (χ3n) is 2.91. The fourth-order valence-corrected chi connectivity index (χ4v) is 1.75. The Labute approximate surface area is 116 Å². The van der Waals surface area contributed by atoms with E-state index in [2.05, 4.69) is 30.5 Å². The maximum atomic E-state index is 11.8. The van der Waals surface area contributed by atoms with Gasteiger partial charge in [-0.2, -0.15) is 0 Å². The van der Waals surface area contributed by atoms with Crippen molar-refractivity contribution < 1.29 is 4.79 Å². The molecule has 0 fully saturated rings. The summed E-state index contributed by atoms with van der Waals surface area (Å²) < 4.78 is 0. The summed E-state index contributed by atoms with van der Waals surface area (Å²) in [7, 11) is 4.01. The lowest BCUT2D eigenvalue weighted by molar-refractivity contribution is -0.116. The lowest BCUT2D eigenvalue weighted by atomic mass is 10.1. The molecule has 0 atom stereocenters. The number of hydrogen-bond donors (Lipinski definition) is 2. The molecule has 1 rings (SSSR count). The monoisotopic (exact) mass is 263 g/mol. The molecule has 0 aliphatic rings. The molecule has 106 valence electrons. The van der Waals surface area contributed by atoms with E-state index in [1.165, 1.54) is 0 Å². The molecule has 1 amide bonds. The minimum atomic E-state index is 0.0499. The third kappa shape index (κ3) is 5.30. The van der Waals surface area contributed by atoms with Crippen LogP contribution >= 0.6 is 0 Å². The summed E-state index contributed by atoms with van der Waals surface area (Å²) in [5, 5.41) is 6.19. The Morgan fingerprint density at radius 1 is 1.32 bits per heavy atom. The molecule has 0 saturated carbocycles. The van der Waals surface area contributed by atoms with Gasteiger partial charge in [0.1, 0.15) is 0 Å². The molecule has 0 saturated heterocycles. The first-order valence-corrected chi connectivity index (χ1v) is 6.71. The summed E-state index contributed by atoms with van der Waals surface area (Å²) in [6.45, 7) is 6.86. The molecule has 0 aromatic heterocycles. The van der Waals surface area contributed by atoms with E-state index in [0.717, 1.165) is 16.9 Å². The average molecular weight is 263 g/mol. The molecule has 0 spiro atoms. The first-order valence-electron chi connectivity index (χ1n) is 6.71. The van der Waals surface area contributed by atoms with E-state index in [1.807, 2.05) is 38.1 Å². The van der Waals surface area contributed by atoms with E-state index < -0.39 is 0 Å². The molecule has 0 aliphatic carbocycles. The SMILES string of the molecule is Cc1cc(N(C)C)ccc1NC(=O)CCNC(C)C. The quantitative estimate of drug-likeness (QED) is 0.828. The Hall–Kier alpha value is -1.55. The highest BCUT2D eigenvalue weighted by atomic mass is 16.1. The number of anilines is 2. The molecular formula is C15H25N3O. The Bertz CT molecular complexity index is 427. The van der Waals surface area contributed by atoms with Crippen molar-refractivity contribution in [3.63, 3.8) is 0 Å². The van der Waals surface area contributed by atoms with Gasteiger partial charge in [0.05, 0.1) is 0 Å². The van der Waals surface area contributed by atoms with Gasteiger partial charge in [-0.05, 0) is 30.7 Å². The van der Waals surface area contributed by atoms with Crippen LogP contribution in [0.25, 0.3) is 0 Å². The lowest BCUT2D eigenvalue weighted by Gasteiger charge is -2.15. The predicted octanol–water partition coefficient (Wildman–Crippen LogP) is 2.39. The molecule has 4 nitrogen and oxygen atoms in total. The van der Waals surface area contributed by atoms with E-state index in [1.54, 1.807) is 0 Å². The molecule has 0 unspecified atom stereocenters. The van der Waals surface area contributed by atoms with Crippen LogP contribution in [-0.2, 0) is 4.79 Å². The zero-order chi connectivity index (χ0) is 14.4. The second-order valence-corrected chi connectivity index (χ2v) is 5.30. The van der Waals surface area contributed by atoms with Crippen LogP contribution in [-0.4, -0.2) is 32.6 Å². The maximum absolute atomic E-state index is 11.8. The first-order chi connectivity index (χ1) is 8.90. The molecular weight excluding hydrogens is 238 g/mol. The van der Waals surface area contributed by atoms with Gasteiger partial charge in [0.25, 0.3) is 0 Å². The van der Waals surface area contributed by atoms with Crippen LogP contribution in [0.15, 0.2) is 18.2 Å². The highest BCUT2D eigenvalue weighted by Crippen LogP contribution is 2.21. The number of amides is 1. The summed E-state index contributed by atoms with van der Waals surface area (Å²) in [5.74, 6) is 0.0499. The van der Waals surface area contributed by atoms with Crippen LogP contribution in [0.2, 0.25) is 0 Å². The van der Waals surface area contributed by atoms with Crippen LogP contribution in [0.3, 0.4) is 0 Å². The smallest absolute Gasteiger partial charge is 0.225 e. The minimum absolute atomic E-state index is 0.0499. The summed E-state index contributed by atoms with van der Waals surface area (Å²) in [6, 6.07) is 6.45. The van der Waals surface area contributed by atoms with Crippen molar-refractivity contribution in [1.29, 1.82) is 0 Å². The Kier molecular flexibility index (Phi) is 5.83. The van der Waals surface area contributed by atoms with Crippen molar-refractivity contribution in [2.75, 3.05) is 30.9 Å². The number of benzene rings is 1. The van der Waals surface area contributed by atoms with Gasteiger partial charge < -0.3 is 15.5 Å². The Morgan fingerprint density at radius 3 is 2.53 bits per heavy atom. The van der Waals surface area contributed by atoms with Gasteiger partial charge in [-0.25, -0.2) is 0 Å². The molecule has 0 aliphatic heterocycles. The van der Waals surface area contributed by atoms with Gasteiger partial charge >= 0.3 is 0 Å². The van der Waals surface area contributed by atoms with Crippen LogP contribution < -0.4 is 15.5 Å². The predicted molar refractivity (Wildman–Crippen MR) is 81.9 cm³/mol. The summed E-state index contributed by atoms with van der Waals surface area (Å²) in [5.41, 5.74) is 3.11. The summed E-state index contributed by atoms with van der Waals surface area (Å²) in [4.78, 5) is 13.9. The fourth-order valence-electron chi connectivity index (χ4n) is 1.75. The third-order valence-corrected chi connectivity index (χ3v) is 2.91. The van der Waals surface area contributed by atoms with Gasteiger partial charge in [0, 0.05) is 44.5 Å². The number of rotatable bonds is 6. The number of carbonyl (C=O) groups is 1. The van der Waals surface area contributed by atoms with E-state index in [9.17, 15) is 4.79 Å². The molecule has 2 N–H and O–H groups in total. The number of hydrogen-bond acceptors (Lipinski definition) is 3. The average Bonchev–Trinajstić information content (AvgIpc) is 2.31. The van der Waals surface area contributed by atoms with Crippen molar-refractivity contribution in [3.05, 3.63) is 23.8 Å². The fraction of sp³-hybridized carbons (Fsp3) is 0.533. The summed E-state index contributed by atoms with van der Waals surface area (Å²) >= 11 is 0. The van der Waals surface area contributed by atoms with Crippen LogP contribution in [0, 0.1) is 6.92 Å². The van der Waals surface area contributed by atoms with Gasteiger partial charge in [0.15, 0.2) is 0 Å². The topological polar surface area (TPSA) is 44.4 Å².